The van der Waals surface area contributed by atoms with Crippen molar-refractivity contribution >= 4 is 10.9 Å². The summed E-state index contributed by atoms with van der Waals surface area (Å²) in [6, 6.07) is 5.32. The van der Waals surface area contributed by atoms with Crippen LogP contribution >= 0.6 is 0 Å². The van der Waals surface area contributed by atoms with Gasteiger partial charge in [-0.05, 0) is 24.6 Å². The highest BCUT2D eigenvalue weighted by Crippen LogP contribution is 2.19. The van der Waals surface area contributed by atoms with Gasteiger partial charge in [-0.1, -0.05) is 6.92 Å². The molecule has 0 aliphatic heterocycles. The lowest BCUT2D eigenvalue weighted by atomic mass is 10.2. The van der Waals surface area contributed by atoms with Crippen molar-refractivity contribution in [1.82, 2.24) is 9.78 Å². The number of phenolic OH excluding ortho intramolecular Hbond substituents is 1. The summed E-state index contributed by atoms with van der Waals surface area (Å²) in [4.78, 5) is 0. The van der Waals surface area contributed by atoms with Crippen LogP contribution in [-0.2, 0) is 6.54 Å². The molecule has 0 spiro atoms. The van der Waals surface area contributed by atoms with E-state index in [-0.39, 0.29) is 0 Å². The number of fused-ring (bicyclic) bond motifs is 1. The van der Waals surface area contributed by atoms with E-state index in [2.05, 4.69) is 12.0 Å². The molecule has 0 atom stereocenters. The molecule has 0 saturated heterocycles. The molecule has 0 aliphatic carbocycles. The Hall–Kier alpha value is -1.51. The van der Waals surface area contributed by atoms with Crippen molar-refractivity contribution in [2.45, 2.75) is 19.9 Å². The number of rotatable bonds is 2. The Morgan fingerprint density at radius 3 is 3.08 bits per heavy atom. The van der Waals surface area contributed by atoms with Crippen molar-refractivity contribution in [2.75, 3.05) is 0 Å². The molecule has 68 valence electrons. The summed E-state index contributed by atoms with van der Waals surface area (Å²) in [5.74, 6) is 0.295. The topological polar surface area (TPSA) is 38.0 Å². The lowest BCUT2D eigenvalue weighted by molar-refractivity contribution is 0.476. The number of phenols is 1. The molecule has 1 aromatic heterocycles. The van der Waals surface area contributed by atoms with Gasteiger partial charge >= 0.3 is 0 Å². The molecule has 0 radical (unpaired) electrons. The van der Waals surface area contributed by atoms with E-state index in [0.717, 1.165) is 23.9 Å². The smallest absolute Gasteiger partial charge is 0.116 e. The van der Waals surface area contributed by atoms with Crippen LogP contribution in [0.5, 0.6) is 5.75 Å². The standard InChI is InChI=1S/C10H12N2O/c1-2-5-12-10-4-3-9(13)6-8(10)7-11-12/h3-4,6-7,13H,2,5H2,1H3. The molecule has 2 aromatic rings. The maximum Gasteiger partial charge on any atom is 0.116 e. The molecule has 3 heteroatoms. The van der Waals surface area contributed by atoms with Crippen LogP contribution in [0, 0.1) is 0 Å². The Morgan fingerprint density at radius 1 is 1.46 bits per heavy atom. The molecule has 1 aromatic carbocycles. The van der Waals surface area contributed by atoms with Crippen LogP contribution < -0.4 is 0 Å². The summed E-state index contributed by atoms with van der Waals surface area (Å²) < 4.78 is 1.95. The van der Waals surface area contributed by atoms with Crippen molar-refractivity contribution in [3.05, 3.63) is 24.4 Å². The molecule has 0 aliphatic rings. The number of hydrogen-bond donors (Lipinski definition) is 1. The summed E-state index contributed by atoms with van der Waals surface area (Å²) in [7, 11) is 0. The molecule has 0 unspecified atom stereocenters. The monoisotopic (exact) mass is 176 g/mol. The Balaban J connectivity index is 2.55. The quantitative estimate of drug-likeness (QED) is 0.761. The Labute approximate surface area is 76.6 Å². The van der Waals surface area contributed by atoms with Crippen LogP contribution in [0.4, 0.5) is 0 Å². The second kappa shape index (κ2) is 3.09. The van der Waals surface area contributed by atoms with Crippen LogP contribution in [0.3, 0.4) is 0 Å². The lowest BCUT2D eigenvalue weighted by Crippen LogP contribution is -1.97. The van der Waals surface area contributed by atoms with Crippen LogP contribution in [0.25, 0.3) is 10.9 Å². The first-order valence-corrected chi connectivity index (χ1v) is 4.46. The van der Waals surface area contributed by atoms with Gasteiger partial charge in [0.15, 0.2) is 0 Å². The predicted molar refractivity (Wildman–Crippen MR) is 51.7 cm³/mol. The molecular weight excluding hydrogens is 164 g/mol. The molecule has 3 nitrogen and oxygen atoms in total. The average Bonchev–Trinajstić information content (AvgIpc) is 2.49. The minimum atomic E-state index is 0.295. The highest BCUT2D eigenvalue weighted by molar-refractivity contribution is 5.80. The highest BCUT2D eigenvalue weighted by Gasteiger charge is 2.01. The lowest BCUT2D eigenvalue weighted by Gasteiger charge is -1.99. The summed E-state index contributed by atoms with van der Waals surface area (Å²) in [6.07, 6.45) is 2.85. The van der Waals surface area contributed by atoms with Crippen LogP contribution in [0.2, 0.25) is 0 Å². The first-order chi connectivity index (χ1) is 6.31. The molecule has 0 saturated carbocycles. The Bertz CT molecular complexity index is 420. The van der Waals surface area contributed by atoms with E-state index in [1.165, 1.54) is 0 Å². The maximum atomic E-state index is 9.23. The van der Waals surface area contributed by atoms with Crippen molar-refractivity contribution in [3.63, 3.8) is 0 Å². The van der Waals surface area contributed by atoms with Gasteiger partial charge in [-0.15, -0.1) is 0 Å². The van der Waals surface area contributed by atoms with Gasteiger partial charge < -0.3 is 5.11 Å². The number of nitrogens with zero attached hydrogens (tertiary/aromatic N) is 2. The number of aromatic hydroxyl groups is 1. The molecule has 1 heterocycles. The Morgan fingerprint density at radius 2 is 2.31 bits per heavy atom. The molecule has 13 heavy (non-hydrogen) atoms. The van der Waals surface area contributed by atoms with Gasteiger partial charge in [-0.3, -0.25) is 4.68 Å². The first-order valence-electron chi connectivity index (χ1n) is 4.46. The van der Waals surface area contributed by atoms with Crippen LogP contribution in [0.15, 0.2) is 24.4 Å². The summed E-state index contributed by atoms with van der Waals surface area (Å²) >= 11 is 0. The second-order valence-electron chi connectivity index (χ2n) is 3.11. The zero-order chi connectivity index (χ0) is 9.26. The Kier molecular flexibility index (Phi) is 1.93. The van der Waals surface area contributed by atoms with Gasteiger partial charge in [0, 0.05) is 11.9 Å². The second-order valence-corrected chi connectivity index (χ2v) is 3.11. The van der Waals surface area contributed by atoms with E-state index in [1.54, 1.807) is 18.3 Å². The molecule has 0 fully saturated rings. The van der Waals surface area contributed by atoms with Crippen LogP contribution in [0.1, 0.15) is 13.3 Å². The zero-order valence-corrected chi connectivity index (χ0v) is 7.57. The molecular formula is C10H12N2O. The minimum absolute atomic E-state index is 0.295. The van der Waals surface area contributed by atoms with Crippen molar-refractivity contribution in [3.8, 4) is 5.75 Å². The molecule has 1 N–H and O–H groups in total. The fraction of sp³-hybridized carbons (Fsp3) is 0.300. The molecule has 2 rings (SSSR count). The third kappa shape index (κ3) is 1.37. The van der Waals surface area contributed by atoms with E-state index in [0.29, 0.717) is 5.75 Å². The van der Waals surface area contributed by atoms with Crippen molar-refractivity contribution < 1.29 is 5.11 Å². The zero-order valence-electron chi connectivity index (χ0n) is 7.57. The highest BCUT2D eigenvalue weighted by atomic mass is 16.3. The number of benzene rings is 1. The maximum absolute atomic E-state index is 9.23. The summed E-state index contributed by atoms with van der Waals surface area (Å²) in [5, 5.41) is 14.5. The van der Waals surface area contributed by atoms with Gasteiger partial charge in [0.05, 0.1) is 11.7 Å². The summed E-state index contributed by atoms with van der Waals surface area (Å²) in [5.41, 5.74) is 1.08. The van der Waals surface area contributed by atoms with Crippen molar-refractivity contribution in [1.29, 1.82) is 0 Å². The largest absolute Gasteiger partial charge is 0.508 e. The third-order valence-corrected chi connectivity index (χ3v) is 2.06. The van der Waals surface area contributed by atoms with E-state index >= 15 is 0 Å². The van der Waals surface area contributed by atoms with Gasteiger partial charge in [-0.25, -0.2) is 0 Å². The van der Waals surface area contributed by atoms with E-state index in [9.17, 15) is 5.11 Å². The number of aryl methyl sites for hydroxylation is 1. The SMILES string of the molecule is CCCn1ncc2cc(O)ccc21. The minimum Gasteiger partial charge on any atom is -0.508 e. The van der Waals surface area contributed by atoms with E-state index in [4.69, 9.17) is 0 Å². The first kappa shape index (κ1) is 8.10. The van der Waals surface area contributed by atoms with Crippen LogP contribution in [-0.4, -0.2) is 14.9 Å². The molecule has 0 amide bonds. The fourth-order valence-corrected chi connectivity index (χ4v) is 1.46. The van der Waals surface area contributed by atoms with Gasteiger partial charge in [0.25, 0.3) is 0 Å². The fourth-order valence-electron chi connectivity index (χ4n) is 1.46. The van der Waals surface area contributed by atoms with Gasteiger partial charge in [-0.2, -0.15) is 5.10 Å². The normalized spacial score (nSPS) is 10.8. The number of hydrogen-bond acceptors (Lipinski definition) is 2. The predicted octanol–water partition coefficient (Wildman–Crippen LogP) is 2.15. The average molecular weight is 176 g/mol. The van der Waals surface area contributed by atoms with E-state index in [1.807, 2.05) is 10.7 Å². The summed E-state index contributed by atoms with van der Waals surface area (Å²) in [6.45, 7) is 3.04. The van der Waals surface area contributed by atoms with Gasteiger partial charge in [0.2, 0.25) is 0 Å². The van der Waals surface area contributed by atoms with Gasteiger partial charge in [0.1, 0.15) is 5.75 Å². The third-order valence-electron chi connectivity index (χ3n) is 2.06. The van der Waals surface area contributed by atoms with E-state index < -0.39 is 0 Å². The molecule has 0 bridgehead atoms. The van der Waals surface area contributed by atoms with Crippen molar-refractivity contribution in [2.24, 2.45) is 0 Å². The number of aromatic nitrogens is 2.